The molecule has 0 saturated carbocycles. The molecule has 130 valence electrons. The third kappa shape index (κ3) is 1.96. The molecule has 0 aliphatic carbocycles. The van der Waals surface area contributed by atoms with Crippen molar-refractivity contribution < 1.29 is 4.42 Å². The van der Waals surface area contributed by atoms with Gasteiger partial charge in [-0.15, -0.1) is 0 Å². The van der Waals surface area contributed by atoms with E-state index in [0.717, 1.165) is 11.2 Å². The van der Waals surface area contributed by atoms with Gasteiger partial charge in [-0.25, -0.2) is 0 Å². The van der Waals surface area contributed by atoms with E-state index in [-0.39, 0.29) is 5.54 Å². The van der Waals surface area contributed by atoms with E-state index in [1.54, 1.807) is 0 Å². The maximum absolute atomic E-state index is 6.39. The first-order valence-corrected chi connectivity index (χ1v) is 9.45. The Hall–Kier alpha value is -2.00. The summed E-state index contributed by atoms with van der Waals surface area (Å²) in [5.74, 6) is 0. The summed E-state index contributed by atoms with van der Waals surface area (Å²) >= 11 is 0. The first-order valence-electron chi connectivity index (χ1n) is 9.45. The van der Waals surface area contributed by atoms with Gasteiger partial charge in [-0.3, -0.25) is 4.90 Å². The molecule has 3 aliphatic rings. The molecule has 6 rings (SSSR count). The zero-order chi connectivity index (χ0) is 17.3. The van der Waals surface area contributed by atoms with Gasteiger partial charge in [-0.1, -0.05) is 30.3 Å². The van der Waals surface area contributed by atoms with Crippen LogP contribution in [-0.2, 0) is 0 Å². The summed E-state index contributed by atoms with van der Waals surface area (Å²) in [4.78, 5) is 5.29. The number of nitrogens with zero attached hydrogens (tertiary/aromatic N) is 2. The Labute approximate surface area is 149 Å². The molecule has 4 atom stereocenters. The van der Waals surface area contributed by atoms with Gasteiger partial charge in [-0.05, 0) is 52.2 Å². The molecule has 0 amide bonds. The predicted octanol–water partition coefficient (Wildman–Crippen LogP) is 5.30. The molecule has 2 aromatic carbocycles. The first-order chi connectivity index (χ1) is 12.0. The molecule has 2 bridgehead atoms. The third-order valence-electron chi connectivity index (χ3n) is 6.61. The van der Waals surface area contributed by atoms with E-state index >= 15 is 0 Å². The van der Waals surface area contributed by atoms with Crippen molar-refractivity contribution in [2.24, 2.45) is 0 Å². The standard InChI is InChI=1S/C22H26N2O/c1-14-9-10-18-17-7-5-6-8-19(17)25-21(18)20(14)24-16(3)23-12-11-22(24,4)13-15(23)2/h5-10,15-16H,11-13H2,1-4H3. The van der Waals surface area contributed by atoms with Crippen molar-refractivity contribution >= 4 is 27.6 Å². The lowest BCUT2D eigenvalue weighted by Crippen LogP contribution is -2.71. The second kappa shape index (κ2) is 5.01. The fourth-order valence-electron chi connectivity index (χ4n) is 5.45. The molecule has 4 unspecified atom stereocenters. The van der Waals surface area contributed by atoms with Crippen LogP contribution >= 0.6 is 0 Å². The normalized spacial score (nSPS) is 32.0. The highest BCUT2D eigenvalue weighted by molar-refractivity contribution is 6.09. The van der Waals surface area contributed by atoms with Crippen LogP contribution in [0.3, 0.4) is 0 Å². The van der Waals surface area contributed by atoms with Crippen molar-refractivity contribution in [3.8, 4) is 0 Å². The van der Waals surface area contributed by atoms with E-state index in [9.17, 15) is 0 Å². The monoisotopic (exact) mass is 334 g/mol. The fraction of sp³-hybridized carbons (Fsp3) is 0.455. The van der Waals surface area contributed by atoms with E-state index in [1.807, 2.05) is 0 Å². The highest BCUT2D eigenvalue weighted by atomic mass is 16.3. The van der Waals surface area contributed by atoms with Crippen molar-refractivity contribution in [3.05, 3.63) is 42.0 Å². The molecule has 1 aromatic heterocycles. The molecule has 0 spiro atoms. The predicted molar refractivity (Wildman–Crippen MR) is 104 cm³/mol. The van der Waals surface area contributed by atoms with Crippen molar-refractivity contribution in [2.45, 2.75) is 58.3 Å². The summed E-state index contributed by atoms with van der Waals surface area (Å²) < 4.78 is 6.39. The van der Waals surface area contributed by atoms with Gasteiger partial charge in [-0.2, -0.15) is 0 Å². The number of benzene rings is 2. The molecule has 0 N–H and O–H groups in total. The number of aryl methyl sites for hydroxylation is 1. The van der Waals surface area contributed by atoms with Crippen LogP contribution in [0.15, 0.2) is 40.8 Å². The van der Waals surface area contributed by atoms with Gasteiger partial charge < -0.3 is 9.32 Å². The lowest BCUT2D eigenvalue weighted by atomic mass is 9.78. The summed E-state index contributed by atoms with van der Waals surface area (Å²) in [6.07, 6.45) is 2.84. The van der Waals surface area contributed by atoms with E-state index in [4.69, 9.17) is 4.42 Å². The molecular weight excluding hydrogens is 308 g/mol. The largest absolute Gasteiger partial charge is 0.454 e. The summed E-state index contributed by atoms with van der Waals surface area (Å²) in [6, 6.07) is 13.5. The summed E-state index contributed by atoms with van der Waals surface area (Å²) in [6.45, 7) is 10.6. The number of furan rings is 1. The van der Waals surface area contributed by atoms with Crippen LogP contribution in [0.1, 0.15) is 39.2 Å². The molecule has 3 aromatic rings. The smallest absolute Gasteiger partial charge is 0.159 e. The summed E-state index contributed by atoms with van der Waals surface area (Å²) in [5.41, 5.74) is 4.83. The quantitative estimate of drug-likeness (QED) is 0.602. The summed E-state index contributed by atoms with van der Waals surface area (Å²) in [5, 5.41) is 2.45. The second-order valence-electron chi connectivity index (χ2n) is 8.25. The van der Waals surface area contributed by atoms with Crippen LogP contribution in [0.25, 0.3) is 21.9 Å². The molecule has 3 aliphatic heterocycles. The topological polar surface area (TPSA) is 19.6 Å². The number of hydrogen-bond acceptors (Lipinski definition) is 3. The van der Waals surface area contributed by atoms with E-state index in [0.29, 0.717) is 12.2 Å². The Morgan fingerprint density at radius 1 is 1.08 bits per heavy atom. The van der Waals surface area contributed by atoms with Crippen molar-refractivity contribution in [1.29, 1.82) is 0 Å². The zero-order valence-corrected chi connectivity index (χ0v) is 15.5. The van der Waals surface area contributed by atoms with Crippen LogP contribution in [0.4, 0.5) is 5.69 Å². The second-order valence-corrected chi connectivity index (χ2v) is 8.25. The Morgan fingerprint density at radius 3 is 2.64 bits per heavy atom. The van der Waals surface area contributed by atoms with Crippen molar-refractivity contribution in [3.63, 3.8) is 0 Å². The van der Waals surface area contributed by atoms with Crippen LogP contribution in [0, 0.1) is 6.92 Å². The fourth-order valence-corrected chi connectivity index (χ4v) is 5.45. The molecule has 0 radical (unpaired) electrons. The van der Waals surface area contributed by atoms with Gasteiger partial charge in [0.2, 0.25) is 0 Å². The molecule has 3 heteroatoms. The number of hydrogen-bond donors (Lipinski definition) is 0. The Balaban J connectivity index is 1.79. The van der Waals surface area contributed by atoms with Gasteiger partial charge in [0.15, 0.2) is 5.58 Å². The molecule has 3 fully saturated rings. The molecule has 3 nitrogen and oxygen atoms in total. The maximum atomic E-state index is 6.39. The van der Waals surface area contributed by atoms with Gasteiger partial charge >= 0.3 is 0 Å². The average Bonchev–Trinajstić information content (AvgIpc) is 2.94. The molecule has 3 saturated heterocycles. The third-order valence-corrected chi connectivity index (χ3v) is 6.61. The van der Waals surface area contributed by atoms with Gasteiger partial charge in [0.25, 0.3) is 0 Å². The Bertz CT molecular complexity index is 975. The number of piperidine rings is 1. The van der Waals surface area contributed by atoms with Crippen LogP contribution < -0.4 is 4.90 Å². The summed E-state index contributed by atoms with van der Waals surface area (Å²) in [7, 11) is 0. The van der Waals surface area contributed by atoms with Gasteiger partial charge in [0.05, 0.1) is 11.9 Å². The van der Waals surface area contributed by atoms with Gasteiger partial charge in [0.1, 0.15) is 5.58 Å². The minimum Gasteiger partial charge on any atom is -0.454 e. The van der Waals surface area contributed by atoms with E-state index in [2.05, 4.69) is 73.9 Å². The number of rotatable bonds is 1. The number of para-hydroxylation sites is 1. The average molecular weight is 334 g/mol. The van der Waals surface area contributed by atoms with E-state index < -0.39 is 0 Å². The Kier molecular flexibility index (Phi) is 3.06. The van der Waals surface area contributed by atoms with Crippen LogP contribution in [0.2, 0.25) is 0 Å². The minimum atomic E-state index is 0.200. The van der Waals surface area contributed by atoms with Gasteiger partial charge in [0, 0.05) is 28.9 Å². The minimum absolute atomic E-state index is 0.200. The number of anilines is 1. The first kappa shape index (κ1) is 15.3. The van der Waals surface area contributed by atoms with Crippen molar-refractivity contribution in [1.82, 2.24) is 4.90 Å². The van der Waals surface area contributed by atoms with Crippen molar-refractivity contribution in [2.75, 3.05) is 11.4 Å². The highest BCUT2D eigenvalue weighted by Gasteiger charge is 2.50. The number of fused-ring (bicyclic) bond motifs is 6. The lowest BCUT2D eigenvalue weighted by molar-refractivity contribution is 0.00487. The highest BCUT2D eigenvalue weighted by Crippen LogP contribution is 2.48. The zero-order valence-electron chi connectivity index (χ0n) is 15.5. The van der Waals surface area contributed by atoms with Crippen LogP contribution in [-0.4, -0.2) is 29.2 Å². The SMILES string of the molecule is Cc1ccc2c(oc3ccccc32)c1N1C(C)N2CCC1(C)CC2C. The molecule has 25 heavy (non-hydrogen) atoms. The molecule has 4 heterocycles. The van der Waals surface area contributed by atoms with Crippen LogP contribution in [0.5, 0.6) is 0 Å². The van der Waals surface area contributed by atoms with E-state index in [1.165, 1.54) is 41.4 Å². The lowest BCUT2D eigenvalue weighted by Gasteiger charge is -2.62. The molecular formula is C22H26N2O. The Morgan fingerprint density at radius 2 is 1.88 bits per heavy atom. The maximum Gasteiger partial charge on any atom is 0.159 e.